The zero-order valence-corrected chi connectivity index (χ0v) is 14.9. The zero-order valence-electron chi connectivity index (χ0n) is 14.9. The van der Waals surface area contributed by atoms with Crippen LogP contribution >= 0.6 is 0 Å². The van der Waals surface area contributed by atoms with Gasteiger partial charge in [0.05, 0.1) is 18.3 Å². The average molecular weight is 335 g/mol. The zero-order chi connectivity index (χ0) is 17.2. The molecule has 1 aromatic heterocycles. The van der Waals surface area contributed by atoms with E-state index in [1.54, 1.807) is 0 Å². The molecular weight excluding hydrogens is 310 g/mol. The van der Waals surface area contributed by atoms with Gasteiger partial charge >= 0.3 is 0 Å². The Morgan fingerprint density at radius 3 is 2.88 bits per heavy atom. The van der Waals surface area contributed by atoms with Crippen LogP contribution in [0.1, 0.15) is 23.5 Å². The normalized spacial score (nSPS) is 21.5. The van der Waals surface area contributed by atoms with Gasteiger partial charge in [0, 0.05) is 17.8 Å². The Kier molecular flexibility index (Phi) is 4.45. The van der Waals surface area contributed by atoms with E-state index in [1.165, 1.54) is 17.5 Å². The van der Waals surface area contributed by atoms with Gasteiger partial charge in [0.25, 0.3) is 0 Å². The molecule has 1 aliphatic heterocycles. The fourth-order valence-electron chi connectivity index (χ4n) is 3.85. The molecule has 0 radical (unpaired) electrons. The molecule has 2 aromatic carbocycles. The number of H-pyrrole nitrogens is 1. The van der Waals surface area contributed by atoms with Crippen LogP contribution in [0.2, 0.25) is 0 Å². The molecule has 1 N–H and O–H groups in total. The lowest BCUT2D eigenvalue weighted by molar-refractivity contribution is 0.129. The lowest BCUT2D eigenvalue weighted by Crippen LogP contribution is -2.39. The number of hydrogen-bond donors (Lipinski definition) is 1. The summed E-state index contributed by atoms with van der Waals surface area (Å²) in [7, 11) is 2.20. The van der Waals surface area contributed by atoms with Gasteiger partial charge < -0.3 is 9.64 Å². The predicted molar refractivity (Wildman–Crippen MR) is 101 cm³/mol. The standard InChI is InChI=1S/C21H25N3O/c1-15-3-5-16(6-4-15)20-9-10-24(2)13-18(20)14-25-19-7-8-21-17(11-19)12-22-23-21/h3-8,11-12,18,20H,9-10,13-14H2,1-2H3,(H,22,23)/t18-,20-/m0/s1. The van der Waals surface area contributed by atoms with Gasteiger partial charge in [0.1, 0.15) is 5.75 Å². The maximum atomic E-state index is 6.18. The van der Waals surface area contributed by atoms with Crippen molar-refractivity contribution in [3.8, 4) is 5.75 Å². The van der Waals surface area contributed by atoms with Gasteiger partial charge in [-0.05, 0) is 56.6 Å². The molecule has 0 spiro atoms. The summed E-state index contributed by atoms with van der Waals surface area (Å²) in [6.07, 6.45) is 3.03. The summed E-state index contributed by atoms with van der Waals surface area (Å²) in [5, 5.41) is 8.14. The second kappa shape index (κ2) is 6.89. The number of piperidine rings is 1. The molecule has 4 heteroatoms. The average Bonchev–Trinajstić information content (AvgIpc) is 3.09. The van der Waals surface area contributed by atoms with E-state index < -0.39 is 0 Å². The number of likely N-dealkylation sites (tertiary alicyclic amines) is 1. The minimum absolute atomic E-state index is 0.501. The van der Waals surface area contributed by atoms with Crippen LogP contribution in [-0.4, -0.2) is 41.8 Å². The first-order valence-electron chi connectivity index (χ1n) is 9.00. The van der Waals surface area contributed by atoms with Crippen LogP contribution in [0.3, 0.4) is 0 Å². The molecule has 0 amide bonds. The summed E-state index contributed by atoms with van der Waals surface area (Å²) in [6, 6.07) is 15.1. The summed E-state index contributed by atoms with van der Waals surface area (Å²) >= 11 is 0. The van der Waals surface area contributed by atoms with E-state index in [2.05, 4.69) is 59.4 Å². The largest absolute Gasteiger partial charge is 0.493 e. The number of fused-ring (bicyclic) bond motifs is 1. The van der Waals surface area contributed by atoms with Crippen LogP contribution in [0.15, 0.2) is 48.7 Å². The smallest absolute Gasteiger partial charge is 0.120 e. The Bertz CT molecular complexity index is 840. The summed E-state index contributed by atoms with van der Waals surface area (Å²) in [5.41, 5.74) is 3.80. The monoisotopic (exact) mass is 335 g/mol. The Labute approximate surface area is 148 Å². The third-order valence-corrected chi connectivity index (χ3v) is 5.32. The topological polar surface area (TPSA) is 41.1 Å². The fourth-order valence-corrected chi connectivity index (χ4v) is 3.85. The van der Waals surface area contributed by atoms with Crippen LogP contribution in [0.5, 0.6) is 5.75 Å². The Morgan fingerprint density at radius 2 is 2.04 bits per heavy atom. The van der Waals surface area contributed by atoms with E-state index in [0.29, 0.717) is 11.8 Å². The molecule has 1 saturated heterocycles. The highest BCUT2D eigenvalue weighted by Gasteiger charge is 2.29. The van der Waals surface area contributed by atoms with E-state index in [0.717, 1.165) is 36.3 Å². The number of benzene rings is 2. The molecule has 2 heterocycles. The van der Waals surface area contributed by atoms with Gasteiger partial charge in [0.15, 0.2) is 0 Å². The first kappa shape index (κ1) is 16.2. The fraction of sp³-hybridized carbons (Fsp3) is 0.381. The van der Waals surface area contributed by atoms with Crippen LogP contribution < -0.4 is 4.74 Å². The predicted octanol–water partition coefficient (Wildman–Crippen LogP) is 3.99. The maximum absolute atomic E-state index is 6.18. The molecule has 4 rings (SSSR count). The molecule has 1 fully saturated rings. The van der Waals surface area contributed by atoms with Crippen molar-refractivity contribution >= 4 is 10.9 Å². The number of hydrogen-bond acceptors (Lipinski definition) is 3. The molecule has 0 saturated carbocycles. The van der Waals surface area contributed by atoms with Gasteiger partial charge in [-0.1, -0.05) is 29.8 Å². The first-order valence-corrected chi connectivity index (χ1v) is 9.00. The van der Waals surface area contributed by atoms with Crippen molar-refractivity contribution < 1.29 is 4.74 Å². The van der Waals surface area contributed by atoms with Gasteiger partial charge in [-0.15, -0.1) is 0 Å². The van der Waals surface area contributed by atoms with E-state index in [4.69, 9.17) is 4.74 Å². The number of aryl methyl sites for hydroxylation is 1. The van der Waals surface area contributed by atoms with E-state index >= 15 is 0 Å². The lowest BCUT2D eigenvalue weighted by Gasteiger charge is -2.37. The number of ether oxygens (including phenoxy) is 1. The first-order chi connectivity index (χ1) is 12.2. The van der Waals surface area contributed by atoms with Crippen molar-refractivity contribution in [2.75, 3.05) is 26.7 Å². The Hall–Kier alpha value is -2.33. The third-order valence-electron chi connectivity index (χ3n) is 5.32. The highest BCUT2D eigenvalue weighted by molar-refractivity contribution is 5.79. The number of nitrogens with one attached hydrogen (secondary N) is 1. The Morgan fingerprint density at radius 1 is 1.20 bits per heavy atom. The van der Waals surface area contributed by atoms with Crippen molar-refractivity contribution in [3.63, 3.8) is 0 Å². The quantitative estimate of drug-likeness (QED) is 0.784. The lowest BCUT2D eigenvalue weighted by atomic mass is 9.81. The van der Waals surface area contributed by atoms with Crippen molar-refractivity contribution in [2.24, 2.45) is 5.92 Å². The molecule has 4 nitrogen and oxygen atoms in total. The van der Waals surface area contributed by atoms with Crippen molar-refractivity contribution in [3.05, 3.63) is 59.8 Å². The summed E-state index contributed by atoms with van der Waals surface area (Å²) in [4.78, 5) is 2.41. The molecule has 25 heavy (non-hydrogen) atoms. The molecular formula is C21H25N3O. The number of rotatable bonds is 4. The Balaban J connectivity index is 1.49. The maximum Gasteiger partial charge on any atom is 0.120 e. The number of aromatic amines is 1. The van der Waals surface area contributed by atoms with E-state index in [1.807, 2.05) is 18.3 Å². The van der Waals surface area contributed by atoms with Crippen LogP contribution in [0, 0.1) is 12.8 Å². The molecule has 0 aliphatic carbocycles. The van der Waals surface area contributed by atoms with Gasteiger partial charge in [-0.2, -0.15) is 5.10 Å². The molecule has 3 aromatic rings. The molecule has 1 aliphatic rings. The van der Waals surface area contributed by atoms with E-state index in [9.17, 15) is 0 Å². The number of nitrogens with zero attached hydrogens (tertiary/aromatic N) is 2. The second-order valence-corrected chi connectivity index (χ2v) is 7.26. The summed E-state index contributed by atoms with van der Waals surface area (Å²) in [5.74, 6) is 1.99. The molecule has 0 unspecified atom stereocenters. The van der Waals surface area contributed by atoms with Crippen molar-refractivity contribution in [1.82, 2.24) is 15.1 Å². The second-order valence-electron chi connectivity index (χ2n) is 7.26. The van der Waals surface area contributed by atoms with Gasteiger partial charge in [-0.3, -0.25) is 5.10 Å². The minimum Gasteiger partial charge on any atom is -0.493 e. The number of aromatic nitrogens is 2. The molecule has 0 bridgehead atoms. The van der Waals surface area contributed by atoms with E-state index in [-0.39, 0.29) is 0 Å². The van der Waals surface area contributed by atoms with Crippen LogP contribution in [-0.2, 0) is 0 Å². The van der Waals surface area contributed by atoms with Crippen molar-refractivity contribution in [1.29, 1.82) is 0 Å². The summed E-state index contributed by atoms with van der Waals surface area (Å²) < 4.78 is 6.18. The van der Waals surface area contributed by atoms with Crippen LogP contribution in [0.25, 0.3) is 10.9 Å². The molecule has 130 valence electrons. The van der Waals surface area contributed by atoms with Gasteiger partial charge in [0.2, 0.25) is 0 Å². The molecule has 2 atom stereocenters. The SMILES string of the molecule is Cc1ccc([C@@H]2CCN(C)C[C@H]2COc2ccc3[nH]ncc3c2)cc1. The van der Waals surface area contributed by atoms with Crippen LogP contribution in [0.4, 0.5) is 0 Å². The summed E-state index contributed by atoms with van der Waals surface area (Å²) in [6.45, 7) is 5.11. The minimum atomic E-state index is 0.501. The highest BCUT2D eigenvalue weighted by atomic mass is 16.5. The third kappa shape index (κ3) is 3.54. The highest BCUT2D eigenvalue weighted by Crippen LogP contribution is 2.33. The van der Waals surface area contributed by atoms with Crippen molar-refractivity contribution in [2.45, 2.75) is 19.3 Å². The van der Waals surface area contributed by atoms with Gasteiger partial charge in [-0.25, -0.2) is 0 Å².